The average molecular weight is 412 g/mol. The Labute approximate surface area is 165 Å². The van der Waals surface area contributed by atoms with Crippen molar-refractivity contribution in [3.8, 4) is 5.75 Å². The number of thiazole rings is 1. The van der Waals surface area contributed by atoms with Crippen LogP contribution in [0.2, 0.25) is 0 Å². The molecule has 146 valence electrons. The van der Waals surface area contributed by atoms with Crippen molar-refractivity contribution >= 4 is 44.8 Å². The van der Waals surface area contributed by atoms with E-state index in [-0.39, 0.29) is 10.1 Å². The van der Waals surface area contributed by atoms with Crippen LogP contribution >= 0.6 is 11.3 Å². The van der Waals surface area contributed by atoms with Crippen LogP contribution < -0.4 is 10.1 Å². The number of aromatic hydroxyl groups is 1. The zero-order valence-electron chi connectivity index (χ0n) is 15.1. The maximum absolute atomic E-state index is 12.9. The highest BCUT2D eigenvalue weighted by atomic mass is 32.1. The van der Waals surface area contributed by atoms with E-state index in [9.17, 15) is 30.1 Å². The van der Waals surface area contributed by atoms with E-state index in [2.05, 4.69) is 4.98 Å². The first kappa shape index (κ1) is 18.5. The highest BCUT2D eigenvalue weighted by molar-refractivity contribution is 7.15. The van der Waals surface area contributed by atoms with Crippen LogP contribution in [0, 0.1) is 34.1 Å². The zero-order chi connectivity index (χ0) is 21.0. The van der Waals surface area contributed by atoms with Crippen LogP contribution in [0.5, 0.6) is 5.75 Å². The second-order valence-electron chi connectivity index (χ2n) is 6.51. The smallest absolute Gasteiger partial charge is 0.318 e. The lowest BCUT2D eigenvalue weighted by Gasteiger charge is -2.00. The Morgan fingerprint density at radius 3 is 2.52 bits per heavy atom. The van der Waals surface area contributed by atoms with Gasteiger partial charge in [-0.3, -0.25) is 25.0 Å². The summed E-state index contributed by atoms with van der Waals surface area (Å²) in [7, 11) is 0. The number of hydrogen-bond donors (Lipinski definition) is 1. The number of benzene rings is 2. The molecule has 0 fully saturated rings. The number of imidazole rings is 1. The van der Waals surface area contributed by atoms with E-state index in [1.54, 1.807) is 0 Å². The van der Waals surface area contributed by atoms with E-state index >= 15 is 0 Å². The van der Waals surface area contributed by atoms with E-state index in [0.717, 1.165) is 28.5 Å². The van der Waals surface area contributed by atoms with Gasteiger partial charge < -0.3 is 5.11 Å². The number of phenols is 1. The van der Waals surface area contributed by atoms with Crippen molar-refractivity contribution in [1.82, 2.24) is 9.38 Å². The molecule has 2 heterocycles. The second-order valence-corrected chi connectivity index (χ2v) is 7.52. The highest BCUT2D eigenvalue weighted by Crippen LogP contribution is 2.34. The third-order valence-electron chi connectivity index (χ3n) is 4.48. The minimum Gasteiger partial charge on any atom is -0.502 e. The normalized spacial score (nSPS) is 12.1. The van der Waals surface area contributed by atoms with E-state index in [4.69, 9.17) is 0 Å². The Morgan fingerprint density at radius 2 is 1.86 bits per heavy atom. The van der Waals surface area contributed by atoms with Crippen molar-refractivity contribution in [2.75, 3.05) is 0 Å². The number of nitrogens with zero attached hydrogens (tertiary/aromatic N) is 4. The first-order valence-corrected chi connectivity index (χ1v) is 9.08. The molecule has 4 rings (SSSR count). The number of non-ortho nitro benzene ring substituents is 1. The van der Waals surface area contributed by atoms with Crippen LogP contribution in [-0.4, -0.2) is 24.3 Å². The van der Waals surface area contributed by atoms with Crippen LogP contribution in [0.25, 0.3) is 22.1 Å². The molecule has 0 atom stereocenters. The summed E-state index contributed by atoms with van der Waals surface area (Å²) in [5, 5.41) is 32.4. The van der Waals surface area contributed by atoms with Gasteiger partial charge in [-0.15, -0.1) is 0 Å². The number of rotatable bonds is 3. The number of fused-ring (bicyclic) bond motifs is 3. The molecule has 1 N–H and O–H groups in total. The molecule has 0 aliphatic heterocycles. The Morgan fingerprint density at radius 1 is 1.14 bits per heavy atom. The minimum absolute atomic E-state index is 0.138. The number of nitro benzene ring substituents is 2. The van der Waals surface area contributed by atoms with E-state index in [1.807, 2.05) is 26.0 Å². The third-order valence-corrected chi connectivity index (χ3v) is 5.45. The fraction of sp³-hybridized carbons (Fsp3) is 0.111. The summed E-state index contributed by atoms with van der Waals surface area (Å²) < 4.78 is 1.56. The minimum atomic E-state index is -0.919. The largest absolute Gasteiger partial charge is 0.502 e. The van der Waals surface area contributed by atoms with Crippen molar-refractivity contribution < 1.29 is 15.0 Å². The van der Waals surface area contributed by atoms with Crippen LogP contribution in [0.15, 0.2) is 29.1 Å². The summed E-state index contributed by atoms with van der Waals surface area (Å²) in [6.45, 7) is 3.79. The molecule has 11 heteroatoms. The molecule has 0 spiro atoms. The number of hydrogen-bond acceptors (Lipinski definition) is 8. The Hall–Kier alpha value is -3.86. The lowest BCUT2D eigenvalue weighted by molar-refractivity contribution is -0.394. The van der Waals surface area contributed by atoms with Gasteiger partial charge in [0.05, 0.1) is 31.5 Å². The molecule has 10 nitrogen and oxygen atoms in total. The van der Waals surface area contributed by atoms with Crippen molar-refractivity contribution in [2.45, 2.75) is 13.8 Å². The predicted octanol–water partition coefficient (Wildman–Crippen LogP) is 2.60. The van der Waals surface area contributed by atoms with Gasteiger partial charge in [0.25, 0.3) is 11.2 Å². The molecule has 29 heavy (non-hydrogen) atoms. The van der Waals surface area contributed by atoms with E-state index in [0.29, 0.717) is 22.1 Å². The monoisotopic (exact) mass is 412 g/mol. The fourth-order valence-corrected chi connectivity index (χ4v) is 4.20. The summed E-state index contributed by atoms with van der Waals surface area (Å²) in [5.41, 5.74) is 1.22. The molecular weight excluding hydrogens is 400 g/mol. The van der Waals surface area contributed by atoms with E-state index in [1.165, 1.54) is 10.5 Å². The van der Waals surface area contributed by atoms with Crippen molar-refractivity contribution in [1.29, 1.82) is 0 Å². The molecule has 4 aromatic rings. The van der Waals surface area contributed by atoms with Gasteiger partial charge in [0.15, 0.2) is 4.96 Å². The summed E-state index contributed by atoms with van der Waals surface area (Å²) in [6.07, 6.45) is 1.20. The third kappa shape index (κ3) is 2.88. The molecule has 2 aromatic carbocycles. The second kappa shape index (κ2) is 6.34. The summed E-state index contributed by atoms with van der Waals surface area (Å²) in [5.74, 6) is -0.748. The summed E-state index contributed by atoms with van der Waals surface area (Å²) >= 11 is 1.03. The first-order valence-electron chi connectivity index (χ1n) is 8.27. The van der Waals surface area contributed by atoms with Gasteiger partial charge in [0.2, 0.25) is 5.75 Å². The number of aryl methyl sites for hydroxylation is 2. The van der Waals surface area contributed by atoms with Gasteiger partial charge in [-0.05, 0) is 37.1 Å². The van der Waals surface area contributed by atoms with Crippen LogP contribution in [0.1, 0.15) is 16.7 Å². The Kier molecular flexibility index (Phi) is 4.05. The Balaban J connectivity index is 2.03. The van der Waals surface area contributed by atoms with Crippen LogP contribution in [0.3, 0.4) is 0 Å². The van der Waals surface area contributed by atoms with Gasteiger partial charge in [-0.1, -0.05) is 17.4 Å². The predicted molar refractivity (Wildman–Crippen MR) is 107 cm³/mol. The molecule has 0 saturated heterocycles. The molecule has 0 aliphatic rings. The molecule has 2 aromatic heterocycles. The number of phenolic OH excluding ortho intramolecular Hbond substituents is 1. The maximum atomic E-state index is 12.9. The standard InChI is InChI=1S/C18H12N4O6S/c1-8-3-9(2)15-12(4-8)20-17(24)14(29-18(20)19-15)6-10-5-11(21(25)26)7-13(16(10)23)22(27)28/h3-7,23H,1-2H3/b14-6-. The van der Waals surface area contributed by atoms with E-state index < -0.39 is 32.5 Å². The van der Waals surface area contributed by atoms with Gasteiger partial charge >= 0.3 is 5.69 Å². The van der Waals surface area contributed by atoms with Gasteiger partial charge in [0.1, 0.15) is 0 Å². The first-order chi connectivity index (χ1) is 13.7. The van der Waals surface area contributed by atoms with Gasteiger partial charge in [-0.25, -0.2) is 9.38 Å². The molecule has 0 saturated carbocycles. The molecular formula is C18H12N4O6S. The number of aromatic nitrogens is 2. The lowest BCUT2D eigenvalue weighted by atomic mass is 10.1. The van der Waals surface area contributed by atoms with Gasteiger partial charge in [-0.2, -0.15) is 0 Å². The highest BCUT2D eigenvalue weighted by Gasteiger charge is 2.23. The Bertz CT molecular complexity index is 1470. The van der Waals surface area contributed by atoms with Crippen LogP contribution in [-0.2, 0) is 0 Å². The molecule has 0 radical (unpaired) electrons. The molecule has 0 aliphatic carbocycles. The molecule has 0 bridgehead atoms. The van der Waals surface area contributed by atoms with Crippen molar-refractivity contribution in [2.24, 2.45) is 0 Å². The summed E-state index contributed by atoms with van der Waals surface area (Å²) in [4.78, 5) is 38.3. The van der Waals surface area contributed by atoms with Crippen LogP contribution in [0.4, 0.5) is 11.4 Å². The van der Waals surface area contributed by atoms with Crippen molar-refractivity contribution in [3.05, 3.63) is 76.1 Å². The number of nitro groups is 2. The molecule has 0 amide bonds. The van der Waals surface area contributed by atoms with Crippen molar-refractivity contribution in [3.63, 3.8) is 0 Å². The maximum Gasteiger partial charge on any atom is 0.318 e. The quantitative estimate of drug-likeness (QED) is 0.403. The van der Waals surface area contributed by atoms with Gasteiger partial charge in [0, 0.05) is 11.6 Å². The SMILES string of the molecule is Cc1cc(C)c2nc3s/c(=C\c4cc([N+](=O)[O-])cc([N+](=O)[O-])c4O)c(=O)n3c2c1. The topological polar surface area (TPSA) is 141 Å². The average Bonchev–Trinajstić information content (AvgIpc) is 3.13. The molecule has 0 unspecified atom stereocenters. The zero-order valence-corrected chi connectivity index (χ0v) is 15.9. The summed E-state index contributed by atoms with van der Waals surface area (Å²) in [6, 6.07) is 5.44. The lowest BCUT2D eigenvalue weighted by Crippen LogP contribution is -2.22. The fourth-order valence-electron chi connectivity index (χ4n) is 3.23.